The first-order valence-electron chi connectivity index (χ1n) is 11.6. The van der Waals surface area contributed by atoms with Crippen molar-refractivity contribution in [3.05, 3.63) is 84.3 Å². The molecule has 3 aromatic carbocycles. The maximum absolute atomic E-state index is 14.5. The molecule has 184 valence electrons. The lowest BCUT2D eigenvalue weighted by molar-refractivity contribution is -0.113. The van der Waals surface area contributed by atoms with Gasteiger partial charge < -0.3 is 20.9 Å². The van der Waals surface area contributed by atoms with Crippen molar-refractivity contribution in [3.8, 4) is 11.1 Å². The van der Waals surface area contributed by atoms with Crippen LogP contribution in [0.25, 0.3) is 28.1 Å². The second-order valence-electron chi connectivity index (χ2n) is 8.78. The summed E-state index contributed by atoms with van der Waals surface area (Å²) in [5.74, 6) is -0.448. The van der Waals surface area contributed by atoms with Crippen molar-refractivity contribution in [2.75, 3.05) is 44.4 Å². The van der Waals surface area contributed by atoms with Crippen LogP contribution in [0.1, 0.15) is 5.56 Å². The molecule has 0 saturated heterocycles. The Kier molecular flexibility index (Phi) is 7.56. The second kappa shape index (κ2) is 11.0. The number of fused-ring (bicyclic) bond motifs is 1. The van der Waals surface area contributed by atoms with Gasteiger partial charge in [0.25, 0.3) is 0 Å². The van der Waals surface area contributed by atoms with E-state index in [1.54, 1.807) is 30.5 Å². The highest BCUT2D eigenvalue weighted by atomic mass is 19.1. The van der Waals surface area contributed by atoms with Crippen LogP contribution in [-0.4, -0.2) is 55.0 Å². The van der Waals surface area contributed by atoms with Gasteiger partial charge in [-0.15, -0.1) is 0 Å². The Labute approximate surface area is 210 Å². The second-order valence-corrected chi connectivity index (χ2v) is 8.78. The number of nitrogens with zero attached hydrogens (tertiary/aromatic N) is 4. The largest absolute Gasteiger partial charge is 0.373 e. The molecule has 0 bridgehead atoms. The Balaban J connectivity index is 1.69. The van der Waals surface area contributed by atoms with E-state index in [9.17, 15) is 9.18 Å². The molecule has 0 unspecified atom stereocenters. The smallest absolute Gasteiger partial charge is 0.241 e. The van der Waals surface area contributed by atoms with Crippen molar-refractivity contribution in [2.45, 2.75) is 0 Å². The number of carbonyl (C=O) groups is 1. The van der Waals surface area contributed by atoms with Crippen molar-refractivity contribution >= 4 is 40.2 Å². The highest BCUT2D eigenvalue weighted by molar-refractivity contribution is 5.94. The summed E-state index contributed by atoms with van der Waals surface area (Å²) in [6.07, 6.45) is 4.76. The molecule has 1 amide bonds. The van der Waals surface area contributed by atoms with E-state index in [0.717, 1.165) is 35.4 Å². The number of nitrogens with two attached hydrogens (primary N) is 1. The monoisotopic (exact) mass is 484 g/mol. The normalized spacial score (nSPS) is 11.4. The lowest BCUT2D eigenvalue weighted by Crippen LogP contribution is -2.28. The van der Waals surface area contributed by atoms with E-state index in [1.807, 2.05) is 57.5 Å². The van der Waals surface area contributed by atoms with Crippen LogP contribution in [0, 0.1) is 5.82 Å². The van der Waals surface area contributed by atoms with Crippen LogP contribution in [-0.2, 0) is 4.79 Å². The quantitative estimate of drug-likeness (QED) is 0.336. The fourth-order valence-electron chi connectivity index (χ4n) is 3.90. The van der Waals surface area contributed by atoms with Crippen molar-refractivity contribution in [3.63, 3.8) is 0 Å². The molecular formula is C28H29FN6O. The molecule has 0 aliphatic carbocycles. The number of hydrogen-bond acceptors (Lipinski definition) is 6. The zero-order valence-corrected chi connectivity index (χ0v) is 20.6. The first-order chi connectivity index (χ1) is 17.3. The van der Waals surface area contributed by atoms with Crippen LogP contribution in [0.3, 0.4) is 0 Å². The maximum Gasteiger partial charge on any atom is 0.241 e. The van der Waals surface area contributed by atoms with E-state index in [2.05, 4.69) is 20.1 Å². The number of benzene rings is 3. The fourth-order valence-corrected chi connectivity index (χ4v) is 3.90. The number of halogens is 1. The predicted octanol–water partition coefficient (Wildman–Crippen LogP) is 4.68. The number of amides is 1. The van der Waals surface area contributed by atoms with Gasteiger partial charge in [-0.1, -0.05) is 36.4 Å². The standard InChI is InChI=1S/C28H29FN6O/c1-34(2)15-16-35(3)25-13-12-21(17-19(25)11-14-26(30)36)32-28-31-18-20-7-6-9-23(27(20)33-28)22-8-4-5-10-24(22)29/h4-14,17-18H,15-16H2,1-3H3,(H2,30,36)(H,31,32,33). The zero-order chi connectivity index (χ0) is 25.7. The van der Waals surface area contributed by atoms with Crippen molar-refractivity contribution in [1.82, 2.24) is 14.9 Å². The Morgan fingerprint density at radius 3 is 2.56 bits per heavy atom. The van der Waals surface area contributed by atoms with Gasteiger partial charge >= 0.3 is 0 Å². The van der Waals surface area contributed by atoms with E-state index in [-0.39, 0.29) is 5.82 Å². The summed E-state index contributed by atoms with van der Waals surface area (Å²) in [7, 11) is 6.05. The zero-order valence-electron chi connectivity index (χ0n) is 20.6. The van der Waals surface area contributed by atoms with Crippen LogP contribution < -0.4 is 16.0 Å². The minimum absolute atomic E-state index is 0.307. The summed E-state index contributed by atoms with van der Waals surface area (Å²) in [6.45, 7) is 1.69. The van der Waals surface area contributed by atoms with E-state index in [4.69, 9.17) is 10.7 Å². The topological polar surface area (TPSA) is 87.4 Å². The Bertz CT molecular complexity index is 1420. The minimum atomic E-state index is -0.520. The van der Waals surface area contributed by atoms with Crippen LogP contribution in [0.5, 0.6) is 0 Å². The SMILES string of the molecule is CN(C)CCN(C)c1ccc(Nc2ncc3cccc(-c4ccccc4F)c3n2)cc1C=CC(N)=O. The van der Waals surface area contributed by atoms with Crippen molar-refractivity contribution in [2.24, 2.45) is 5.73 Å². The molecule has 0 aliphatic heterocycles. The van der Waals surface area contributed by atoms with Crippen molar-refractivity contribution in [1.29, 1.82) is 0 Å². The lowest BCUT2D eigenvalue weighted by atomic mass is 10.0. The minimum Gasteiger partial charge on any atom is -0.373 e. The molecule has 0 fully saturated rings. The van der Waals surface area contributed by atoms with E-state index < -0.39 is 5.91 Å². The van der Waals surface area contributed by atoms with Gasteiger partial charge in [0.2, 0.25) is 11.9 Å². The molecule has 1 aromatic heterocycles. The maximum atomic E-state index is 14.5. The Morgan fingerprint density at radius 1 is 1.03 bits per heavy atom. The molecule has 0 aliphatic rings. The first kappa shape index (κ1) is 24.8. The van der Waals surface area contributed by atoms with Gasteiger partial charge in [0, 0.05) is 65.9 Å². The Morgan fingerprint density at radius 2 is 1.81 bits per heavy atom. The molecular weight excluding hydrogens is 455 g/mol. The molecule has 4 rings (SSSR count). The van der Waals surface area contributed by atoms with Crippen LogP contribution in [0.4, 0.5) is 21.7 Å². The number of para-hydroxylation sites is 1. The molecule has 0 saturated carbocycles. The third kappa shape index (κ3) is 5.84. The number of primary amides is 1. The van der Waals surface area contributed by atoms with Crippen molar-refractivity contribution < 1.29 is 9.18 Å². The van der Waals surface area contributed by atoms with Crippen LogP contribution in [0.2, 0.25) is 0 Å². The number of rotatable bonds is 9. The number of carbonyl (C=O) groups excluding carboxylic acids is 1. The summed E-state index contributed by atoms with van der Waals surface area (Å²) in [6, 6.07) is 18.1. The molecule has 7 nitrogen and oxygen atoms in total. The molecule has 1 heterocycles. The van der Waals surface area contributed by atoms with Gasteiger partial charge in [-0.2, -0.15) is 0 Å². The highest BCUT2D eigenvalue weighted by Gasteiger charge is 2.12. The van der Waals surface area contributed by atoms with E-state index >= 15 is 0 Å². The van der Waals surface area contributed by atoms with Gasteiger partial charge in [-0.3, -0.25) is 4.79 Å². The third-order valence-electron chi connectivity index (χ3n) is 5.78. The number of likely N-dealkylation sites (N-methyl/N-ethyl adjacent to an activating group) is 2. The Hall–Kier alpha value is -4.30. The average Bonchev–Trinajstić information content (AvgIpc) is 2.86. The number of nitrogens with one attached hydrogen (secondary N) is 1. The van der Waals surface area contributed by atoms with Gasteiger partial charge in [0.1, 0.15) is 5.82 Å². The molecule has 3 N–H and O–H groups in total. The van der Waals surface area contributed by atoms with Gasteiger partial charge in [0.05, 0.1) is 5.52 Å². The van der Waals surface area contributed by atoms with Gasteiger partial charge in [-0.05, 0) is 44.4 Å². The molecule has 4 aromatic rings. The first-order valence-corrected chi connectivity index (χ1v) is 11.6. The predicted molar refractivity (Wildman–Crippen MR) is 145 cm³/mol. The molecule has 0 atom stereocenters. The number of anilines is 3. The van der Waals surface area contributed by atoms with Crippen LogP contribution in [0.15, 0.2) is 72.9 Å². The summed E-state index contributed by atoms with van der Waals surface area (Å²) >= 11 is 0. The van der Waals surface area contributed by atoms with E-state index in [0.29, 0.717) is 22.6 Å². The molecule has 0 spiro atoms. The van der Waals surface area contributed by atoms with Gasteiger partial charge in [-0.25, -0.2) is 14.4 Å². The summed E-state index contributed by atoms with van der Waals surface area (Å²) in [5.41, 5.74) is 9.70. The lowest BCUT2D eigenvalue weighted by Gasteiger charge is -2.24. The number of hydrogen-bond donors (Lipinski definition) is 2. The third-order valence-corrected chi connectivity index (χ3v) is 5.78. The summed E-state index contributed by atoms with van der Waals surface area (Å²) in [5, 5.41) is 4.05. The molecule has 36 heavy (non-hydrogen) atoms. The van der Waals surface area contributed by atoms with Gasteiger partial charge in [0.15, 0.2) is 0 Å². The number of aromatic nitrogens is 2. The average molecular weight is 485 g/mol. The molecule has 0 radical (unpaired) electrons. The summed E-state index contributed by atoms with van der Waals surface area (Å²) in [4.78, 5) is 24.8. The highest BCUT2D eigenvalue weighted by Crippen LogP contribution is 2.31. The summed E-state index contributed by atoms with van der Waals surface area (Å²) < 4.78 is 14.5. The van der Waals surface area contributed by atoms with E-state index in [1.165, 1.54) is 12.1 Å². The molecule has 8 heteroatoms. The fraction of sp³-hybridized carbons (Fsp3) is 0.179. The van der Waals surface area contributed by atoms with Crippen LogP contribution >= 0.6 is 0 Å².